The van der Waals surface area contributed by atoms with Crippen molar-refractivity contribution in [2.75, 3.05) is 5.32 Å². The number of rotatable bonds is 2. The number of hydrogen-bond donors (Lipinski definition) is 2. The molecule has 4 rings (SSSR count). The van der Waals surface area contributed by atoms with E-state index in [4.69, 9.17) is 0 Å². The predicted octanol–water partition coefficient (Wildman–Crippen LogP) is 2.59. The smallest absolute Gasteiger partial charge is 0.160 e. The molecular formula is C14H13N5. The average Bonchev–Trinajstić information content (AvgIpc) is 3.06. The topological polar surface area (TPSA) is 66.5 Å². The molecule has 2 aromatic heterocycles. The van der Waals surface area contributed by atoms with Gasteiger partial charge >= 0.3 is 0 Å². The Morgan fingerprint density at radius 3 is 3.05 bits per heavy atom. The maximum Gasteiger partial charge on any atom is 0.160 e. The van der Waals surface area contributed by atoms with Gasteiger partial charge in [-0.15, -0.1) is 0 Å². The van der Waals surface area contributed by atoms with Crippen LogP contribution in [0.3, 0.4) is 0 Å². The molecule has 0 saturated heterocycles. The summed E-state index contributed by atoms with van der Waals surface area (Å²) in [6.45, 7) is 0. The van der Waals surface area contributed by atoms with Crippen molar-refractivity contribution in [3.05, 3.63) is 41.9 Å². The van der Waals surface area contributed by atoms with Crippen LogP contribution in [0.15, 0.2) is 30.7 Å². The Kier molecular flexibility index (Phi) is 2.24. The molecule has 0 fully saturated rings. The molecule has 0 aliphatic heterocycles. The van der Waals surface area contributed by atoms with Crippen LogP contribution in [-0.4, -0.2) is 20.2 Å². The van der Waals surface area contributed by atoms with Gasteiger partial charge in [0.05, 0.1) is 11.6 Å². The second-order valence-corrected chi connectivity index (χ2v) is 4.82. The summed E-state index contributed by atoms with van der Waals surface area (Å²) in [4.78, 5) is 8.42. The van der Waals surface area contributed by atoms with Crippen LogP contribution < -0.4 is 5.32 Å². The molecule has 0 saturated carbocycles. The maximum atomic E-state index is 4.29. The van der Waals surface area contributed by atoms with E-state index >= 15 is 0 Å². The number of H-pyrrole nitrogens is 1. The monoisotopic (exact) mass is 251 g/mol. The highest BCUT2D eigenvalue weighted by Gasteiger charge is 2.11. The van der Waals surface area contributed by atoms with Crippen LogP contribution in [0, 0.1) is 0 Å². The molecule has 1 aliphatic carbocycles. The third-order valence-electron chi connectivity index (χ3n) is 3.61. The normalized spacial score (nSPS) is 13.7. The lowest BCUT2D eigenvalue weighted by atomic mass is 10.1. The number of nitrogens with one attached hydrogen (secondary N) is 2. The fourth-order valence-corrected chi connectivity index (χ4v) is 2.65. The molecule has 1 aliphatic rings. The van der Waals surface area contributed by atoms with E-state index in [-0.39, 0.29) is 0 Å². The number of anilines is 2. The molecule has 2 N–H and O–H groups in total. The van der Waals surface area contributed by atoms with Crippen molar-refractivity contribution in [2.24, 2.45) is 0 Å². The Morgan fingerprint density at radius 1 is 1.11 bits per heavy atom. The SMILES string of the molecule is c1nc(Nc2ccc3c(c2)CCC3)c2cn[nH]c2n1. The van der Waals surface area contributed by atoms with Crippen molar-refractivity contribution in [2.45, 2.75) is 19.3 Å². The number of aryl methyl sites for hydroxylation is 2. The van der Waals surface area contributed by atoms with Gasteiger partial charge in [0.1, 0.15) is 12.1 Å². The van der Waals surface area contributed by atoms with E-state index in [1.54, 1.807) is 6.20 Å². The van der Waals surface area contributed by atoms with Gasteiger partial charge in [-0.1, -0.05) is 6.07 Å². The van der Waals surface area contributed by atoms with Gasteiger partial charge in [-0.2, -0.15) is 5.10 Å². The Balaban J connectivity index is 1.73. The number of benzene rings is 1. The summed E-state index contributed by atoms with van der Waals surface area (Å²) in [5, 5.41) is 11.1. The van der Waals surface area contributed by atoms with Gasteiger partial charge < -0.3 is 5.32 Å². The van der Waals surface area contributed by atoms with Crippen LogP contribution in [0.1, 0.15) is 17.5 Å². The summed E-state index contributed by atoms with van der Waals surface area (Å²) in [6, 6.07) is 6.53. The van der Waals surface area contributed by atoms with Gasteiger partial charge in [0.2, 0.25) is 0 Å². The summed E-state index contributed by atoms with van der Waals surface area (Å²) in [7, 11) is 0. The molecule has 0 atom stereocenters. The standard InChI is InChI=1S/C14H13N5/c1-2-9-4-5-11(6-10(9)3-1)18-13-12-7-17-19-14(12)16-8-15-13/h4-8H,1-3H2,(H2,15,16,17,18,19). The van der Waals surface area contributed by atoms with Crippen LogP contribution in [0.5, 0.6) is 0 Å². The summed E-state index contributed by atoms with van der Waals surface area (Å²) in [6.07, 6.45) is 6.92. The highest BCUT2D eigenvalue weighted by molar-refractivity contribution is 5.87. The molecule has 5 nitrogen and oxygen atoms in total. The Hall–Kier alpha value is -2.43. The van der Waals surface area contributed by atoms with E-state index in [1.165, 1.54) is 36.7 Å². The predicted molar refractivity (Wildman–Crippen MR) is 73.4 cm³/mol. The molecular weight excluding hydrogens is 238 g/mol. The lowest BCUT2D eigenvalue weighted by Crippen LogP contribution is -1.96. The number of aromatic nitrogens is 4. The second kappa shape index (κ2) is 4.05. The second-order valence-electron chi connectivity index (χ2n) is 4.82. The van der Waals surface area contributed by atoms with E-state index < -0.39 is 0 Å². The summed E-state index contributed by atoms with van der Waals surface area (Å²) < 4.78 is 0. The van der Waals surface area contributed by atoms with Gasteiger partial charge in [-0.05, 0) is 42.5 Å². The van der Waals surface area contributed by atoms with E-state index in [0.717, 1.165) is 22.5 Å². The van der Waals surface area contributed by atoms with Crippen LogP contribution in [0.4, 0.5) is 11.5 Å². The number of aromatic amines is 1. The molecule has 94 valence electrons. The number of hydrogen-bond acceptors (Lipinski definition) is 4. The molecule has 2 heterocycles. The average molecular weight is 251 g/mol. The van der Waals surface area contributed by atoms with E-state index in [0.29, 0.717) is 0 Å². The first-order valence-electron chi connectivity index (χ1n) is 6.43. The zero-order chi connectivity index (χ0) is 12.7. The molecule has 3 aromatic rings. The Morgan fingerprint density at radius 2 is 2.05 bits per heavy atom. The van der Waals surface area contributed by atoms with E-state index in [9.17, 15) is 0 Å². The number of fused-ring (bicyclic) bond motifs is 2. The molecule has 0 radical (unpaired) electrons. The van der Waals surface area contributed by atoms with Crippen molar-refractivity contribution in [1.29, 1.82) is 0 Å². The van der Waals surface area contributed by atoms with Crippen molar-refractivity contribution < 1.29 is 0 Å². The zero-order valence-corrected chi connectivity index (χ0v) is 10.3. The minimum absolute atomic E-state index is 0.749. The first-order chi connectivity index (χ1) is 9.40. The van der Waals surface area contributed by atoms with Crippen molar-refractivity contribution >= 4 is 22.5 Å². The molecule has 0 spiro atoms. The summed E-state index contributed by atoms with van der Waals surface area (Å²) in [5.74, 6) is 0.789. The minimum Gasteiger partial charge on any atom is -0.340 e. The maximum absolute atomic E-state index is 4.29. The molecule has 5 heteroatoms. The van der Waals surface area contributed by atoms with Gasteiger partial charge in [-0.3, -0.25) is 5.10 Å². The first kappa shape index (κ1) is 10.5. The zero-order valence-electron chi connectivity index (χ0n) is 10.3. The Bertz CT molecular complexity index is 746. The fraction of sp³-hybridized carbons (Fsp3) is 0.214. The summed E-state index contributed by atoms with van der Waals surface area (Å²) in [5.41, 5.74) is 4.74. The third kappa shape index (κ3) is 1.74. The Labute approximate surface area is 110 Å². The molecule has 0 unspecified atom stereocenters. The van der Waals surface area contributed by atoms with Crippen molar-refractivity contribution in [3.8, 4) is 0 Å². The lowest BCUT2D eigenvalue weighted by Gasteiger charge is -2.08. The quantitative estimate of drug-likeness (QED) is 0.734. The van der Waals surface area contributed by atoms with Gasteiger partial charge in [0, 0.05) is 5.69 Å². The van der Waals surface area contributed by atoms with Crippen molar-refractivity contribution in [3.63, 3.8) is 0 Å². The molecule has 0 amide bonds. The third-order valence-corrected chi connectivity index (χ3v) is 3.61. The number of nitrogens with zero attached hydrogens (tertiary/aromatic N) is 3. The van der Waals surface area contributed by atoms with Gasteiger partial charge in [0.15, 0.2) is 5.65 Å². The van der Waals surface area contributed by atoms with Crippen LogP contribution in [-0.2, 0) is 12.8 Å². The molecule has 1 aromatic carbocycles. The van der Waals surface area contributed by atoms with Crippen LogP contribution in [0.2, 0.25) is 0 Å². The van der Waals surface area contributed by atoms with Gasteiger partial charge in [-0.25, -0.2) is 9.97 Å². The first-order valence-corrected chi connectivity index (χ1v) is 6.43. The van der Waals surface area contributed by atoms with Crippen molar-refractivity contribution in [1.82, 2.24) is 20.2 Å². The minimum atomic E-state index is 0.749. The van der Waals surface area contributed by atoms with E-state index in [1.807, 2.05) is 0 Å². The highest BCUT2D eigenvalue weighted by atomic mass is 15.2. The highest BCUT2D eigenvalue weighted by Crippen LogP contribution is 2.27. The van der Waals surface area contributed by atoms with Gasteiger partial charge in [0.25, 0.3) is 0 Å². The van der Waals surface area contributed by atoms with Crippen LogP contribution in [0.25, 0.3) is 11.0 Å². The lowest BCUT2D eigenvalue weighted by molar-refractivity contribution is 0.912. The van der Waals surface area contributed by atoms with E-state index in [2.05, 4.69) is 43.7 Å². The molecule has 19 heavy (non-hydrogen) atoms. The van der Waals surface area contributed by atoms with Crippen LogP contribution >= 0.6 is 0 Å². The summed E-state index contributed by atoms with van der Waals surface area (Å²) >= 11 is 0. The largest absolute Gasteiger partial charge is 0.340 e. The fourth-order valence-electron chi connectivity index (χ4n) is 2.65. The molecule has 0 bridgehead atoms.